The Morgan fingerprint density at radius 2 is 2.22 bits per heavy atom. The highest BCUT2D eigenvalue weighted by molar-refractivity contribution is 5.88. The van der Waals surface area contributed by atoms with Crippen LogP contribution in [0.5, 0.6) is 0 Å². The zero-order valence-corrected chi connectivity index (χ0v) is 10.5. The zero-order chi connectivity index (χ0) is 12.5. The number of Topliss-reactive ketones (excluding diaryl/α,β-unsaturated/α-hetero) is 1. The second-order valence-corrected chi connectivity index (χ2v) is 4.91. The first kappa shape index (κ1) is 11.2. The normalized spacial score (nSPS) is 17.7. The number of carbonyl (C=O) groups excluding carboxylic acids is 1. The summed E-state index contributed by atoms with van der Waals surface area (Å²) in [4.78, 5) is 12.3. The maximum Gasteiger partial charge on any atom is 0.146 e. The molecule has 1 aromatic carbocycles. The summed E-state index contributed by atoms with van der Waals surface area (Å²) in [6, 6.07) is 10.2. The molecule has 1 atom stereocenters. The van der Waals surface area contributed by atoms with Crippen LogP contribution < -0.4 is 0 Å². The molecule has 0 fully saturated rings. The van der Waals surface area contributed by atoms with E-state index in [-0.39, 0.29) is 5.92 Å². The van der Waals surface area contributed by atoms with Crippen LogP contribution in [0.25, 0.3) is 0 Å². The van der Waals surface area contributed by atoms with E-state index in [0.29, 0.717) is 12.2 Å². The van der Waals surface area contributed by atoms with Gasteiger partial charge in [-0.25, -0.2) is 0 Å². The van der Waals surface area contributed by atoms with Gasteiger partial charge in [-0.3, -0.25) is 9.48 Å². The minimum absolute atomic E-state index is 0.0724. The summed E-state index contributed by atoms with van der Waals surface area (Å²) in [5.41, 5.74) is 3.42. The van der Waals surface area contributed by atoms with E-state index in [1.165, 1.54) is 11.1 Å². The van der Waals surface area contributed by atoms with Crippen LogP contribution in [0.15, 0.2) is 36.5 Å². The van der Waals surface area contributed by atoms with Crippen LogP contribution >= 0.6 is 0 Å². The molecule has 1 aliphatic rings. The summed E-state index contributed by atoms with van der Waals surface area (Å²) >= 11 is 0. The molecule has 0 saturated carbocycles. The van der Waals surface area contributed by atoms with Crippen molar-refractivity contribution in [3.63, 3.8) is 0 Å². The zero-order valence-electron chi connectivity index (χ0n) is 10.5. The number of hydrogen-bond donors (Lipinski definition) is 0. The quantitative estimate of drug-likeness (QED) is 0.824. The molecule has 3 heteroatoms. The number of nitrogens with zero attached hydrogens (tertiary/aromatic N) is 2. The topological polar surface area (TPSA) is 34.9 Å². The van der Waals surface area contributed by atoms with Gasteiger partial charge in [0.05, 0.1) is 12.1 Å². The van der Waals surface area contributed by atoms with Gasteiger partial charge in [0.25, 0.3) is 0 Å². The molecule has 0 amide bonds. The average Bonchev–Trinajstić information content (AvgIpc) is 2.95. The molecule has 0 bridgehead atoms. The van der Waals surface area contributed by atoms with Gasteiger partial charge in [-0.15, -0.1) is 0 Å². The predicted molar refractivity (Wildman–Crippen MR) is 69.4 cm³/mol. The van der Waals surface area contributed by atoms with Gasteiger partial charge in [-0.1, -0.05) is 24.3 Å². The molecule has 2 aromatic rings. The van der Waals surface area contributed by atoms with E-state index in [9.17, 15) is 4.79 Å². The second kappa shape index (κ2) is 4.41. The van der Waals surface area contributed by atoms with E-state index < -0.39 is 0 Å². The number of hydrogen-bond acceptors (Lipinski definition) is 2. The van der Waals surface area contributed by atoms with Crippen LogP contribution in [0.2, 0.25) is 0 Å². The lowest BCUT2D eigenvalue weighted by molar-refractivity contribution is -0.119. The van der Waals surface area contributed by atoms with Gasteiger partial charge < -0.3 is 0 Å². The molecule has 0 aliphatic heterocycles. The van der Waals surface area contributed by atoms with Gasteiger partial charge in [-0.05, 0) is 30.0 Å². The standard InChI is InChI=1S/C15H16N2O/c1-17-9-8-12(16-17)10-15(18)14-7-6-11-4-2-3-5-13(11)14/h2-5,8-9,14H,6-7,10H2,1H3. The van der Waals surface area contributed by atoms with Gasteiger partial charge in [-0.2, -0.15) is 5.10 Å². The minimum atomic E-state index is 0.0724. The highest BCUT2D eigenvalue weighted by Gasteiger charge is 2.28. The van der Waals surface area contributed by atoms with E-state index >= 15 is 0 Å². The molecule has 0 N–H and O–H groups in total. The van der Waals surface area contributed by atoms with Gasteiger partial charge >= 0.3 is 0 Å². The molecule has 0 radical (unpaired) electrons. The van der Waals surface area contributed by atoms with Crippen molar-refractivity contribution in [2.75, 3.05) is 0 Å². The Morgan fingerprint density at radius 1 is 1.39 bits per heavy atom. The molecular weight excluding hydrogens is 224 g/mol. The second-order valence-electron chi connectivity index (χ2n) is 4.91. The van der Waals surface area contributed by atoms with Gasteiger partial charge in [0, 0.05) is 19.2 Å². The third-order valence-electron chi connectivity index (χ3n) is 3.65. The van der Waals surface area contributed by atoms with Crippen LogP contribution in [0.1, 0.15) is 29.2 Å². The Balaban J connectivity index is 1.78. The van der Waals surface area contributed by atoms with Crippen molar-refractivity contribution in [1.82, 2.24) is 9.78 Å². The molecular formula is C15H16N2O. The fraction of sp³-hybridized carbons (Fsp3) is 0.333. The summed E-state index contributed by atoms with van der Waals surface area (Å²) in [5, 5.41) is 4.27. The first-order chi connectivity index (χ1) is 8.74. The molecule has 1 aliphatic carbocycles. The van der Waals surface area contributed by atoms with E-state index in [0.717, 1.165) is 18.5 Å². The maximum absolute atomic E-state index is 12.3. The highest BCUT2D eigenvalue weighted by Crippen LogP contribution is 2.34. The van der Waals surface area contributed by atoms with Gasteiger partial charge in [0.1, 0.15) is 5.78 Å². The van der Waals surface area contributed by atoms with Crippen LogP contribution in [0.4, 0.5) is 0 Å². The van der Waals surface area contributed by atoms with Crippen LogP contribution in [-0.2, 0) is 24.7 Å². The highest BCUT2D eigenvalue weighted by atomic mass is 16.1. The van der Waals surface area contributed by atoms with E-state index in [2.05, 4.69) is 17.2 Å². The number of aryl methyl sites for hydroxylation is 2. The van der Waals surface area contributed by atoms with Crippen molar-refractivity contribution in [2.24, 2.45) is 7.05 Å². The number of aromatic nitrogens is 2. The largest absolute Gasteiger partial charge is 0.299 e. The van der Waals surface area contributed by atoms with E-state index in [4.69, 9.17) is 0 Å². The number of rotatable bonds is 3. The molecule has 92 valence electrons. The van der Waals surface area contributed by atoms with Gasteiger partial charge in [0.2, 0.25) is 0 Å². The van der Waals surface area contributed by atoms with Crippen molar-refractivity contribution in [3.05, 3.63) is 53.3 Å². The third kappa shape index (κ3) is 1.96. The van der Waals surface area contributed by atoms with E-state index in [1.54, 1.807) is 4.68 Å². The number of carbonyl (C=O) groups is 1. The smallest absolute Gasteiger partial charge is 0.146 e. The Hall–Kier alpha value is -1.90. The maximum atomic E-state index is 12.3. The Labute approximate surface area is 106 Å². The van der Waals surface area contributed by atoms with Crippen molar-refractivity contribution in [3.8, 4) is 0 Å². The Bertz CT molecular complexity index is 586. The third-order valence-corrected chi connectivity index (χ3v) is 3.65. The molecule has 0 spiro atoms. The molecule has 1 aromatic heterocycles. The Kier molecular flexibility index (Phi) is 2.74. The van der Waals surface area contributed by atoms with Crippen molar-refractivity contribution < 1.29 is 4.79 Å². The van der Waals surface area contributed by atoms with Crippen molar-refractivity contribution in [2.45, 2.75) is 25.2 Å². The molecule has 3 rings (SSSR count). The van der Waals surface area contributed by atoms with Crippen LogP contribution in [0, 0.1) is 0 Å². The van der Waals surface area contributed by atoms with Gasteiger partial charge in [0.15, 0.2) is 0 Å². The van der Waals surface area contributed by atoms with Crippen LogP contribution in [-0.4, -0.2) is 15.6 Å². The molecule has 18 heavy (non-hydrogen) atoms. The lowest BCUT2D eigenvalue weighted by Crippen LogP contribution is -2.13. The average molecular weight is 240 g/mol. The first-order valence-corrected chi connectivity index (χ1v) is 6.33. The molecule has 1 heterocycles. The lowest BCUT2D eigenvalue weighted by atomic mass is 9.94. The fourth-order valence-corrected chi connectivity index (χ4v) is 2.75. The minimum Gasteiger partial charge on any atom is -0.299 e. The number of benzene rings is 1. The number of fused-ring (bicyclic) bond motifs is 1. The molecule has 3 nitrogen and oxygen atoms in total. The lowest BCUT2D eigenvalue weighted by Gasteiger charge is -2.09. The number of ketones is 1. The molecule has 0 saturated heterocycles. The SMILES string of the molecule is Cn1ccc(CC(=O)C2CCc3ccccc32)n1. The van der Waals surface area contributed by atoms with E-state index in [1.807, 2.05) is 31.4 Å². The fourth-order valence-electron chi connectivity index (χ4n) is 2.75. The predicted octanol–water partition coefficient (Wildman–Crippen LogP) is 2.26. The summed E-state index contributed by atoms with van der Waals surface area (Å²) < 4.78 is 1.74. The summed E-state index contributed by atoms with van der Waals surface area (Å²) in [7, 11) is 1.87. The Morgan fingerprint density at radius 3 is 3.00 bits per heavy atom. The monoisotopic (exact) mass is 240 g/mol. The van der Waals surface area contributed by atoms with Crippen molar-refractivity contribution >= 4 is 5.78 Å². The van der Waals surface area contributed by atoms with Crippen LogP contribution in [0.3, 0.4) is 0 Å². The first-order valence-electron chi connectivity index (χ1n) is 6.33. The molecule has 1 unspecified atom stereocenters. The van der Waals surface area contributed by atoms with Crippen molar-refractivity contribution in [1.29, 1.82) is 0 Å². The summed E-state index contributed by atoms with van der Waals surface area (Å²) in [6.45, 7) is 0. The summed E-state index contributed by atoms with van der Waals surface area (Å²) in [6.07, 6.45) is 4.30. The summed E-state index contributed by atoms with van der Waals surface area (Å²) in [5.74, 6) is 0.363.